The molecule has 0 saturated heterocycles. The summed E-state index contributed by atoms with van der Waals surface area (Å²) in [7, 11) is 0. The molecule has 15 heavy (non-hydrogen) atoms. The van der Waals surface area contributed by atoms with Crippen molar-refractivity contribution in [2.24, 2.45) is 0 Å². The van der Waals surface area contributed by atoms with Gasteiger partial charge in [-0.2, -0.15) is 5.26 Å². The normalized spacial score (nSPS) is 18.4. The maximum absolute atomic E-state index is 8.91. The number of rotatable bonds is 2. The lowest BCUT2D eigenvalue weighted by Gasteiger charge is -2.24. The lowest BCUT2D eigenvalue weighted by Crippen LogP contribution is -2.28. The van der Waals surface area contributed by atoms with Gasteiger partial charge in [-0.1, -0.05) is 0 Å². The summed E-state index contributed by atoms with van der Waals surface area (Å²) in [5.41, 5.74) is 0.394. The number of pyridine rings is 1. The maximum atomic E-state index is 8.91. The monoisotopic (exact) mass is 202 g/mol. The molecular weight excluding hydrogens is 188 g/mol. The quantitative estimate of drug-likeness (QED) is 0.740. The molecule has 0 amide bonds. The highest BCUT2D eigenvalue weighted by atomic mass is 16.5. The molecule has 0 bridgehead atoms. The molecule has 1 aromatic heterocycles. The lowest BCUT2D eigenvalue weighted by atomic mass is 10.1. The van der Waals surface area contributed by atoms with Gasteiger partial charge in [0.2, 0.25) is 5.88 Å². The predicted octanol–water partition coefficient (Wildman–Crippen LogP) is 2.66. The number of nitrogens with zero attached hydrogens (tertiary/aromatic N) is 2. The fraction of sp³-hybridized carbons (Fsp3) is 0.500. The highest BCUT2D eigenvalue weighted by Gasteiger charge is 2.31. The molecule has 0 unspecified atom stereocenters. The van der Waals surface area contributed by atoms with E-state index >= 15 is 0 Å². The Morgan fingerprint density at radius 1 is 1.47 bits per heavy atom. The Morgan fingerprint density at radius 3 is 2.87 bits per heavy atom. The molecule has 1 heterocycles. The molecule has 0 N–H and O–H groups in total. The molecule has 0 aromatic carbocycles. The third-order valence-corrected chi connectivity index (χ3v) is 2.90. The van der Waals surface area contributed by atoms with Crippen LogP contribution in [0.4, 0.5) is 0 Å². The second kappa shape index (κ2) is 3.90. The predicted molar refractivity (Wildman–Crippen MR) is 56.5 cm³/mol. The van der Waals surface area contributed by atoms with Crippen LogP contribution >= 0.6 is 0 Å². The summed E-state index contributed by atoms with van der Waals surface area (Å²) in [5.74, 6) is 0.476. The molecule has 1 aliphatic carbocycles. The van der Waals surface area contributed by atoms with Crippen molar-refractivity contribution in [3.05, 3.63) is 23.9 Å². The summed E-state index contributed by atoms with van der Waals surface area (Å²) < 4.78 is 5.85. The molecule has 3 heteroatoms. The zero-order valence-corrected chi connectivity index (χ0v) is 8.86. The molecule has 3 nitrogen and oxygen atoms in total. The molecule has 1 aromatic rings. The lowest BCUT2D eigenvalue weighted by molar-refractivity contribution is 0.0904. The van der Waals surface area contributed by atoms with Gasteiger partial charge in [-0.3, -0.25) is 0 Å². The minimum absolute atomic E-state index is 0.125. The first-order chi connectivity index (χ1) is 7.23. The molecule has 1 aliphatic rings. The Labute approximate surface area is 89.7 Å². The second-order valence-corrected chi connectivity index (χ2v) is 4.23. The van der Waals surface area contributed by atoms with Crippen LogP contribution in [-0.4, -0.2) is 10.6 Å². The summed E-state index contributed by atoms with van der Waals surface area (Å²) in [6.07, 6.45) is 6.16. The van der Waals surface area contributed by atoms with Crippen LogP contribution in [0.25, 0.3) is 0 Å². The van der Waals surface area contributed by atoms with Gasteiger partial charge in [0.05, 0.1) is 0 Å². The summed E-state index contributed by atoms with van der Waals surface area (Å²) in [4.78, 5) is 4.11. The average Bonchev–Trinajstić information content (AvgIpc) is 2.66. The van der Waals surface area contributed by atoms with Crippen molar-refractivity contribution in [3.63, 3.8) is 0 Å². The Kier molecular flexibility index (Phi) is 2.59. The van der Waals surface area contributed by atoms with Gasteiger partial charge in [0, 0.05) is 6.20 Å². The highest BCUT2D eigenvalue weighted by molar-refractivity contribution is 5.37. The summed E-state index contributed by atoms with van der Waals surface area (Å²) >= 11 is 0. The zero-order chi connectivity index (χ0) is 10.7. The summed E-state index contributed by atoms with van der Waals surface area (Å²) in [5, 5.41) is 8.91. The molecule has 0 radical (unpaired) electrons. The molecule has 2 rings (SSSR count). The average molecular weight is 202 g/mol. The van der Waals surface area contributed by atoms with E-state index in [1.165, 1.54) is 12.8 Å². The van der Waals surface area contributed by atoms with E-state index in [4.69, 9.17) is 10.00 Å². The minimum Gasteiger partial charge on any atom is -0.470 e. The van der Waals surface area contributed by atoms with Gasteiger partial charge in [-0.25, -0.2) is 4.98 Å². The fourth-order valence-corrected chi connectivity index (χ4v) is 2.02. The van der Waals surface area contributed by atoms with E-state index in [-0.39, 0.29) is 5.60 Å². The summed E-state index contributed by atoms with van der Waals surface area (Å²) in [6, 6.07) is 5.59. The van der Waals surface area contributed by atoms with Gasteiger partial charge in [0.15, 0.2) is 0 Å². The summed E-state index contributed by atoms with van der Waals surface area (Å²) in [6.45, 7) is 2.09. The molecule has 0 aliphatic heterocycles. The topological polar surface area (TPSA) is 45.9 Å². The third-order valence-electron chi connectivity index (χ3n) is 2.90. The van der Waals surface area contributed by atoms with Gasteiger partial charge in [-0.15, -0.1) is 0 Å². The minimum atomic E-state index is -0.125. The van der Waals surface area contributed by atoms with Gasteiger partial charge in [0.1, 0.15) is 17.2 Å². The maximum Gasteiger partial charge on any atom is 0.232 e. The van der Waals surface area contributed by atoms with Crippen molar-refractivity contribution < 1.29 is 4.74 Å². The number of hydrogen-bond donors (Lipinski definition) is 0. The highest BCUT2D eigenvalue weighted by Crippen LogP contribution is 2.33. The van der Waals surface area contributed by atoms with Crippen molar-refractivity contribution >= 4 is 0 Å². The van der Waals surface area contributed by atoms with Crippen LogP contribution in [0.15, 0.2) is 18.3 Å². The molecule has 78 valence electrons. The van der Waals surface area contributed by atoms with Gasteiger partial charge in [0.25, 0.3) is 0 Å². The number of hydrogen-bond acceptors (Lipinski definition) is 3. The number of ether oxygens (including phenoxy) is 1. The van der Waals surface area contributed by atoms with E-state index in [2.05, 4.69) is 18.0 Å². The Hall–Kier alpha value is -1.56. The first-order valence-corrected chi connectivity index (χ1v) is 5.28. The van der Waals surface area contributed by atoms with E-state index in [0.29, 0.717) is 11.4 Å². The molecule has 0 atom stereocenters. The van der Waals surface area contributed by atoms with E-state index in [1.54, 1.807) is 18.3 Å². The Morgan fingerprint density at radius 2 is 2.20 bits per heavy atom. The zero-order valence-electron chi connectivity index (χ0n) is 8.86. The Bertz CT molecular complexity index is 389. The number of nitriles is 1. The molecule has 0 spiro atoms. The van der Waals surface area contributed by atoms with E-state index < -0.39 is 0 Å². The van der Waals surface area contributed by atoms with E-state index in [9.17, 15) is 0 Å². The van der Waals surface area contributed by atoms with Gasteiger partial charge in [-0.05, 0) is 44.7 Å². The first-order valence-electron chi connectivity index (χ1n) is 5.28. The van der Waals surface area contributed by atoms with Crippen molar-refractivity contribution in [2.75, 3.05) is 0 Å². The fourth-order valence-electron chi connectivity index (χ4n) is 2.02. The Balaban J connectivity index is 2.20. The van der Waals surface area contributed by atoms with Crippen LogP contribution in [-0.2, 0) is 0 Å². The molecular formula is C12H14N2O. The van der Waals surface area contributed by atoms with Crippen molar-refractivity contribution in [1.29, 1.82) is 5.26 Å². The smallest absolute Gasteiger partial charge is 0.232 e. The van der Waals surface area contributed by atoms with Gasteiger partial charge < -0.3 is 4.74 Å². The molecule has 1 fully saturated rings. The second-order valence-electron chi connectivity index (χ2n) is 4.23. The number of aromatic nitrogens is 1. The van der Waals surface area contributed by atoms with E-state index in [1.807, 2.05) is 0 Å². The third kappa shape index (κ3) is 2.10. The van der Waals surface area contributed by atoms with Crippen LogP contribution in [0, 0.1) is 11.3 Å². The van der Waals surface area contributed by atoms with Crippen LogP contribution in [0.3, 0.4) is 0 Å². The largest absolute Gasteiger partial charge is 0.470 e. The van der Waals surface area contributed by atoms with Crippen LogP contribution in [0.1, 0.15) is 38.2 Å². The standard InChI is InChI=1S/C12H14N2O/c1-12(6-2-3-7-12)15-11-10(9-13)5-4-8-14-11/h4-5,8H,2-3,6-7H2,1H3. The van der Waals surface area contributed by atoms with Crippen LogP contribution < -0.4 is 4.74 Å². The molecule has 1 saturated carbocycles. The SMILES string of the molecule is CC1(Oc2ncccc2C#N)CCCC1. The van der Waals surface area contributed by atoms with Crippen LogP contribution in [0.2, 0.25) is 0 Å². The van der Waals surface area contributed by atoms with Crippen molar-refractivity contribution in [2.45, 2.75) is 38.2 Å². The van der Waals surface area contributed by atoms with Crippen molar-refractivity contribution in [1.82, 2.24) is 4.98 Å². The van der Waals surface area contributed by atoms with Gasteiger partial charge >= 0.3 is 0 Å². The van der Waals surface area contributed by atoms with Crippen molar-refractivity contribution in [3.8, 4) is 11.9 Å². The van der Waals surface area contributed by atoms with E-state index in [0.717, 1.165) is 12.8 Å². The first kappa shape index (κ1) is 9.97. The van der Waals surface area contributed by atoms with Crippen LogP contribution in [0.5, 0.6) is 5.88 Å².